The molecule has 0 aliphatic heterocycles. The van der Waals surface area contributed by atoms with Gasteiger partial charge in [0.05, 0.1) is 12.3 Å². The molecule has 6 nitrogen and oxygen atoms in total. The lowest BCUT2D eigenvalue weighted by molar-refractivity contribution is 0.0149. The number of nitrogens with one attached hydrogen (secondary N) is 1. The van der Waals surface area contributed by atoms with Gasteiger partial charge in [0.2, 0.25) is 0 Å². The Morgan fingerprint density at radius 2 is 2.36 bits per heavy atom. The van der Waals surface area contributed by atoms with Crippen LogP contribution in [-0.2, 0) is 0 Å². The number of rotatable bonds is 4. The Morgan fingerprint density at radius 1 is 1.64 bits per heavy atom. The molecule has 0 amide bonds. The predicted octanol–water partition coefficient (Wildman–Crippen LogP) is -0.976. The number of aliphatic hydroxyl groups is 2. The van der Waals surface area contributed by atoms with Crippen molar-refractivity contribution in [2.45, 2.75) is 18.6 Å². The van der Waals surface area contributed by atoms with Crippen LogP contribution in [0.25, 0.3) is 0 Å². The minimum atomic E-state index is -1.12. The molecule has 0 saturated carbocycles. The van der Waals surface area contributed by atoms with Gasteiger partial charge in [-0.25, -0.2) is 0 Å². The number of nitriles is 1. The zero-order chi connectivity index (χ0) is 10.6. The Bertz CT molecular complexity index is 330. The van der Waals surface area contributed by atoms with Crippen LogP contribution in [0.4, 0.5) is 0 Å². The summed E-state index contributed by atoms with van der Waals surface area (Å²) in [4.78, 5) is 0. The fourth-order valence-electron chi connectivity index (χ4n) is 1.15. The van der Waals surface area contributed by atoms with Crippen molar-refractivity contribution in [2.24, 2.45) is 5.73 Å². The molecular formula is C8H12N4O2. The van der Waals surface area contributed by atoms with E-state index in [9.17, 15) is 10.2 Å². The molecule has 0 radical (unpaired) electrons. The summed E-state index contributed by atoms with van der Waals surface area (Å²) in [6, 6.07) is 1.83. The Kier molecular flexibility index (Phi) is 3.59. The van der Waals surface area contributed by atoms with Crippen molar-refractivity contribution in [1.29, 1.82) is 5.26 Å². The normalized spacial score (nSPS) is 14.7. The fourth-order valence-corrected chi connectivity index (χ4v) is 1.15. The average molecular weight is 196 g/mol. The van der Waals surface area contributed by atoms with Crippen LogP contribution in [0, 0.1) is 11.3 Å². The van der Waals surface area contributed by atoms with Crippen LogP contribution < -0.4 is 5.73 Å². The number of aliphatic hydroxyl groups excluding tert-OH is 2. The standard InChI is InChI=1S/C8H12N4O2/c9-2-1-7(13)8(14)5-4-11-12-6(5)3-10/h4,7-8,13-14H,1-2,9H2,(H,11,12). The van der Waals surface area contributed by atoms with Gasteiger partial charge in [0, 0.05) is 5.56 Å². The van der Waals surface area contributed by atoms with E-state index >= 15 is 0 Å². The summed E-state index contributed by atoms with van der Waals surface area (Å²) in [6.45, 7) is 0.276. The average Bonchev–Trinajstić information content (AvgIpc) is 2.64. The molecule has 0 fully saturated rings. The highest BCUT2D eigenvalue weighted by molar-refractivity contribution is 5.30. The van der Waals surface area contributed by atoms with E-state index in [0.29, 0.717) is 5.56 Å². The highest BCUT2D eigenvalue weighted by Crippen LogP contribution is 2.20. The van der Waals surface area contributed by atoms with E-state index in [-0.39, 0.29) is 18.7 Å². The van der Waals surface area contributed by atoms with Gasteiger partial charge in [-0.15, -0.1) is 0 Å². The largest absolute Gasteiger partial charge is 0.390 e. The van der Waals surface area contributed by atoms with Crippen LogP contribution in [0.1, 0.15) is 23.8 Å². The van der Waals surface area contributed by atoms with Crippen LogP contribution >= 0.6 is 0 Å². The Hall–Kier alpha value is -1.42. The van der Waals surface area contributed by atoms with Crippen LogP contribution in [0.2, 0.25) is 0 Å². The summed E-state index contributed by atoms with van der Waals surface area (Å²) >= 11 is 0. The molecule has 0 spiro atoms. The second-order valence-electron chi connectivity index (χ2n) is 2.90. The van der Waals surface area contributed by atoms with Crippen LogP contribution in [0.5, 0.6) is 0 Å². The SMILES string of the molecule is N#Cc1[nH]ncc1C(O)C(O)CCN. The van der Waals surface area contributed by atoms with E-state index in [0.717, 1.165) is 0 Å². The van der Waals surface area contributed by atoms with Crippen molar-refractivity contribution < 1.29 is 10.2 Å². The van der Waals surface area contributed by atoms with Crippen molar-refractivity contribution in [2.75, 3.05) is 6.54 Å². The summed E-state index contributed by atoms with van der Waals surface area (Å²) < 4.78 is 0. The van der Waals surface area contributed by atoms with Crippen LogP contribution in [-0.4, -0.2) is 33.1 Å². The molecule has 0 aliphatic rings. The maximum atomic E-state index is 9.60. The molecule has 1 aromatic rings. The number of nitrogens with two attached hydrogens (primary N) is 1. The summed E-state index contributed by atoms with van der Waals surface area (Å²) in [5, 5.41) is 33.7. The lowest BCUT2D eigenvalue weighted by atomic mass is 10.0. The molecule has 5 N–H and O–H groups in total. The molecule has 0 aromatic carbocycles. The second-order valence-corrected chi connectivity index (χ2v) is 2.90. The van der Waals surface area contributed by atoms with Crippen molar-refractivity contribution in [1.82, 2.24) is 10.2 Å². The van der Waals surface area contributed by atoms with E-state index in [2.05, 4.69) is 10.2 Å². The molecule has 0 saturated heterocycles. The second kappa shape index (κ2) is 4.72. The Morgan fingerprint density at radius 3 is 2.93 bits per heavy atom. The van der Waals surface area contributed by atoms with Gasteiger partial charge in [-0.2, -0.15) is 10.4 Å². The number of H-pyrrole nitrogens is 1. The maximum Gasteiger partial charge on any atom is 0.141 e. The molecule has 0 aliphatic carbocycles. The molecule has 6 heteroatoms. The van der Waals surface area contributed by atoms with E-state index in [1.54, 1.807) is 0 Å². The predicted molar refractivity (Wildman–Crippen MR) is 47.9 cm³/mol. The first kappa shape index (κ1) is 10.7. The van der Waals surface area contributed by atoms with Crippen LogP contribution in [0.15, 0.2) is 6.20 Å². The van der Waals surface area contributed by atoms with Gasteiger partial charge in [-0.3, -0.25) is 5.10 Å². The molecule has 2 unspecified atom stereocenters. The van der Waals surface area contributed by atoms with Crippen molar-refractivity contribution >= 4 is 0 Å². The summed E-state index contributed by atoms with van der Waals surface area (Å²) in [6.07, 6.45) is -0.489. The molecule has 1 heterocycles. The number of aromatic nitrogens is 2. The summed E-state index contributed by atoms with van der Waals surface area (Å²) in [5.74, 6) is 0. The number of nitrogens with zero attached hydrogens (tertiary/aromatic N) is 2. The van der Waals surface area contributed by atoms with Gasteiger partial charge in [-0.1, -0.05) is 0 Å². The van der Waals surface area contributed by atoms with Gasteiger partial charge in [0.15, 0.2) is 0 Å². The smallest absolute Gasteiger partial charge is 0.141 e. The Balaban J connectivity index is 2.79. The third-order valence-electron chi connectivity index (χ3n) is 1.93. The lowest BCUT2D eigenvalue weighted by Crippen LogP contribution is -2.22. The Labute approximate surface area is 81.0 Å². The number of hydrogen-bond acceptors (Lipinski definition) is 5. The monoisotopic (exact) mass is 196 g/mol. The topological polar surface area (TPSA) is 119 Å². The molecule has 2 atom stereocenters. The molecule has 1 aromatic heterocycles. The zero-order valence-corrected chi connectivity index (χ0v) is 7.51. The molecular weight excluding hydrogens is 184 g/mol. The number of aromatic amines is 1. The van der Waals surface area contributed by atoms with Crippen molar-refractivity contribution in [3.8, 4) is 6.07 Å². The van der Waals surface area contributed by atoms with E-state index in [4.69, 9.17) is 11.0 Å². The summed E-state index contributed by atoms with van der Waals surface area (Å²) in [5.41, 5.74) is 5.69. The van der Waals surface area contributed by atoms with Crippen molar-refractivity contribution in [3.63, 3.8) is 0 Å². The first-order chi connectivity index (χ1) is 6.70. The quantitative estimate of drug-likeness (QED) is 0.493. The lowest BCUT2D eigenvalue weighted by Gasteiger charge is -2.15. The van der Waals surface area contributed by atoms with Gasteiger partial charge >= 0.3 is 0 Å². The minimum absolute atomic E-state index is 0.161. The minimum Gasteiger partial charge on any atom is -0.390 e. The number of hydrogen-bond donors (Lipinski definition) is 4. The summed E-state index contributed by atoms with van der Waals surface area (Å²) in [7, 11) is 0. The van der Waals surface area contributed by atoms with Crippen LogP contribution in [0.3, 0.4) is 0 Å². The maximum absolute atomic E-state index is 9.60. The fraction of sp³-hybridized carbons (Fsp3) is 0.500. The van der Waals surface area contributed by atoms with Crippen molar-refractivity contribution in [3.05, 3.63) is 17.5 Å². The third kappa shape index (κ3) is 2.09. The highest BCUT2D eigenvalue weighted by Gasteiger charge is 2.21. The molecule has 1 rings (SSSR count). The van der Waals surface area contributed by atoms with Gasteiger partial charge in [-0.05, 0) is 13.0 Å². The first-order valence-corrected chi connectivity index (χ1v) is 4.20. The molecule has 0 bridgehead atoms. The molecule has 76 valence electrons. The van der Waals surface area contributed by atoms with E-state index in [1.165, 1.54) is 6.20 Å². The van der Waals surface area contributed by atoms with E-state index in [1.807, 2.05) is 6.07 Å². The molecule has 14 heavy (non-hydrogen) atoms. The first-order valence-electron chi connectivity index (χ1n) is 4.20. The van der Waals surface area contributed by atoms with Gasteiger partial charge < -0.3 is 15.9 Å². The van der Waals surface area contributed by atoms with Gasteiger partial charge in [0.25, 0.3) is 0 Å². The third-order valence-corrected chi connectivity index (χ3v) is 1.93. The highest BCUT2D eigenvalue weighted by atomic mass is 16.3. The van der Waals surface area contributed by atoms with Gasteiger partial charge in [0.1, 0.15) is 17.9 Å². The zero-order valence-electron chi connectivity index (χ0n) is 7.51. The van der Waals surface area contributed by atoms with E-state index < -0.39 is 12.2 Å².